The summed E-state index contributed by atoms with van der Waals surface area (Å²) in [4.78, 5) is 30.4. The molecule has 0 aromatic heterocycles. The number of para-hydroxylation sites is 1. The summed E-state index contributed by atoms with van der Waals surface area (Å²) in [7, 11) is 0. The zero-order valence-electron chi connectivity index (χ0n) is 16.1. The van der Waals surface area contributed by atoms with Crippen molar-refractivity contribution in [2.45, 2.75) is 44.6 Å². The van der Waals surface area contributed by atoms with Crippen molar-refractivity contribution < 1.29 is 9.59 Å². The molecule has 2 aliphatic heterocycles. The highest BCUT2D eigenvalue weighted by Gasteiger charge is 2.40. The van der Waals surface area contributed by atoms with Crippen molar-refractivity contribution in [1.29, 1.82) is 0 Å². The van der Waals surface area contributed by atoms with Gasteiger partial charge in [-0.25, -0.2) is 0 Å². The Bertz CT molecular complexity index is 916. The molecular weight excluding hydrogens is 348 g/mol. The maximum atomic E-state index is 13.4. The van der Waals surface area contributed by atoms with Gasteiger partial charge in [0.05, 0.1) is 6.04 Å². The van der Waals surface area contributed by atoms with Crippen LogP contribution in [-0.2, 0) is 16.0 Å². The third-order valence-corrected chi connectivity index (χ3v) is 6.64. The predicted molar refractivity (Wildman–Crippen MR) is 109 cm³/mol. The molecule has 2 aromatic carbocycles. The van der Waals surface area contributed by atoms with Gasteiger partial charge in [-0.05, 0) is 36.5 Å². The van der Waals surface area contributed by atoms with Gasteiger partial charge in [-0.15, -0.1) is 0 Å². The van der Waals surface area contributed by atoms with E-state index in [9.17, 15) is 9.59 Å². The first-order chi connectivity index (χ1) is 13.7. The minimum absolute atomic E-state index is 0.0528. The summed E-state index contributed by atoms with van der Waals surface area (Å²) >= 11 is 0. The van der Waals surface area contributed by atoms with Gasteiger partial charge in [-0.1, -0.05) is 61.7 Å². The van der Waals surface area contributed by atoms with Gasteiger partial charge in [0.2, 0.25) is 11.8 Å². The normalized spacial score (nSPS) is 22.1. The molecule has 2 amide bonds. The highest BCUT2D eigenvalue weighted by molar-refractivity contribution is 6.02. The third-order valence-electron chi connectivity index (χ3n) is 6.64. The second kappa shape index (κ2) is 7.08. The Hall–Kier alpha value is -2.62. The van der Waals surface area contributed by atoms with Crippen LogP contribution in [0.5, 0.6) is 0 Å². The van der Waals surface area contributed by atoms with Crippen molar-refractivity contribution in [3.05, 3.63) is 65.2 Å². The molecule has 1 fully saturated rings. The Kier molecular flexibility index (Phi) is 4.42. The molecule has 3 aliphatic rings. The number of rotatable bonds is 1. The number of hydrogen-bond donors (Lipinski definition) is 0. The van der Waals surface area contributed by atoms with E-state index < -0.39 is 0 Å². The summed E-state index contributed by atoms with van der Waals surface area (Å²) in [5.74, 6) is 0.241. The SMILES string of the molecule is O=C(C1CCCCC1)N1CC(=O)N2CCc3ccccc3C2c2ccccc21. The first kappa shape index (κ1) is 17.5. The van der Waals surface area contributed by atoms with Crippen molar-refractivity contribution in [2.75, 3.05) is 18.0 Å². The predicted octanol–water partition coefficient (Wildman–Crippen LogP) is 4.09. The van der Waals surface area contributed by atoms with Gasteiger partial charge in [0.1, 0.15) is 6.54 Å². The number of carbonyl (C=O) groups excluding carboxylic acids is 2. The lowest BCUT2D eigenvalue weighted by Gasteiger charge is -2.36. The molecule has 2 heterocycles. The Morgan fingerprint density at radius 3 is 2.43 bits per heavy atom. The quantitative estimate of drug-likeness (QED) is 0.754. The van der Waals surface area contributed by atoms with E-state index in [1.54, 1.807) is 4.90 Å². The van der Waals surface area contributed by atoms with Crippen LogP contribution >= 0.6 is 0 Å². The summed E-state index contributed by atoms with van der Waals surface area (Å²) in [6.07, 6.45) is 6.20. The molecule has 0 bridgehead atoms. The lowest BCUT2D eigenvalue weighted by atomic mass is 9.87. The molecule has 0 spiro atoms. The first-order valence-corrected chi connectivity index (χ1v) is 10.5. The topological polar surface area (TPSA) is 40.6 Å². The summed E-state index contributed by atoms with van der Waals surface area (Å²) < 4.78 is 0. The number of benzene rings is 2. The number of carbonyl (C=O) groups is 2. The maximum Gasteiger partial charge on any atom is 0.243 e. The minimum Gasteiger partial charge on any atom is -0.330 e. The van der Waals surface area contributed by atoms with E-state index in [4.69, 9.17) is 0 Å². The fraction of sp³-hybridized carbons (Fsp3) is 0.417. The van der Waals surface area contributed by atoms with Gasteiger partial charge in [-0.2, -0.15) is 0 Å². The van der Waals surface area contributed by atoms with Crippen LogP contribution in [0.15, 0.2) is 48.5 Å². The minimum atomic E-state index is -0.0993. The smallest absolute Gasteiger partial charge is 0.243 e. The van der Waals surface area contributed by atoms with Gasteiger partial charge in [0.25, 0.3) is 0 Å². The molecule has 4 nitrogen and oxygen atoms in total. The van der Waals surface area contributed by atoms with Crippen molar-refractivity contribution >= 4 is 17.5 Å². The van der Waals surface area contributed by atoms with Crippen LogP contribution in [0.3, 0.4) is 0 Å². The molecule has 5 rings (SSSR count). The van der Waals surface area contributed by atoms with Crippen LogP contribution in [0.4, 0.5) is 5.69 Å². The van der Waals surface area contributed by atoms with Crippen molar-refractivity contribution in [3.8, 4) is 0 Å². The number of fused-ring (bicyclic) bond motifs is 5. The fourth-order valence-corrected chi connectivity index (χ4v) is 5.21. The monoisotopic (exact) mass is 374 g/mol. The van der Waals surface area contributed by atoms with Crippen LogP contribution < -0.4 is 4.90 Å². The summed E-state index contributed by atoms with van der Waals surface area (Å²) in [6.45, 7) is 0.866. The largest absolute Gasteiger partial charge is 0.330 e. The zero-order valence-corrected chi connectivity index (χ0v) is 16.1. The Balaban J connectivity index is 1.61. The fourth-order valence-electron chi connectivity index (χ4n) is 5.21. The molecule has 0 saturated heterocycles. The van der Waals surface area contributed by atoms with E-state index in [0.29, 0.717) is 6.54 Å². The molecule has 1 aliphatic carbocycles. The van der Waals surface area contributed by atoms with Crippen LogP contribution in [-0.4, -0.2) is 29.8 Å². The molecule has 4 heteroatoms. The van der Waals surface area contributed by atoms with Gasteiger partial charge in [0, 0.05) is 23.7 Å². The maximum absolute atomic E-state index is 13.4. The zero-order chi connectivity index (χ0) is 19.1. The molecule has 2 aromatic rings. The van der Waals surface area contributed by atoms with E-state index >= 15 is 0 Å². The second-order valence-electron chi connectivity index (χ2n) is 8.26. The van der Waals surface area contributed by atoms with Crippen molar-refractivity contribution in [1.82, 2.24) is 4.90 Å². The van der Waals surface area contributed by atoms with Crippen LogP contribution in [0.1, 0.15) is 54.8 Å². The number of nitrogens with zero attached hydrogens (tertiary/aromatic N) is 2. The number of hydrogen-bond acceptors (Lipinski definition) is 2. The Morgan fingerprint density at radius 2 is 1.61 bits per heavy atom. The second-order valence-corrected chi connectivity index (χ2v) is 8.26. The molecule has 0 N–H and O–H groups in total. The van der Waals surface area contributed by atoms with Gasteiger partial charge in [-0.3, -0.25) is 9.59 Å². The van der Waals surface area contributed by atoms with E-state index in [1.165, 1.54) is 17.5 Å². The van der Waals surface area contributed by atoms with Crippen LogP contribution in [0.2, 0.25) is 0 Å². The standard InChI is InChI=1S/C24H26N2O2/c27-22-16-26(24(28)18-9-2-1-3-10-18)21-13-7-6-12-20(21)23-19-11-5-4-8-17(19)14-15-25(22)23/h4-8,11-13,18,23H,1-3,9-10,14-16H2. The van der Waals surface area contributed by atoms with E-state index in [-0.39, 0.29) is 30.3 Å². The number of anilines is 1. The van der Waals surface area contributed by atoms with Crippen LogP contribution in [0, 0.1) is 5.92 Å². The Morgan fingerprint density at radius 1 is 0.893 bits per heavy atom. The van der Waals surface area contributed by atoms with Crippen molar-refractivity contribution in [3.63, 3.8) is 0 Å². The molecule has 1 atom stereocenters. The van der Waals surface area contributed by atoms with Crippen LogP contribution in [0.25, 0.3) is 0 Å². The van der Waals surface area contributed by atoms with E-state index in [0.717, 1.165) is 43.4 Å². The lowest BCUT2D eigenvalue weighted by molar-refractivity contribution is -0.133. The van der Waals surface area contributed by atoms with Gasteiger partial charge in [0.15, 0.2) is 0 Å². The first-order valence-electron chi connectivity index (χ1n) is 10.5. The van der Waals surface area contributed by atoms with Crippen molar-refractivity contribution in [2.24, 2.45) is 5.92 Å². The molecule has 144 valence electrons. The molecular formula is C24H26N2O2. The summed E-state index contributed by atoms with van der Waals surface area (Å²) in [6, 6.07) is 16.4. The molecule has 1 unspecified atom stereocenters. The highest BCUT2D eigenvalue weighted by atomic mass is 16.2. The Labute approximate surface area is 166 Å². The average Bonchev–Trinajstić information content (AvgIpc) is 2.89. The molecule has 0 radical (unpaired) electrons. The molecule has 28 heavy (non-hydrogen) atoms. The summed E-state index contributed by atoms with van der Waals surface area (Å²) in [5, 5.41) is 0. The highest BCUT2D eigenvalue weighted by Crippen LogP contribution is 2.42. The third kappa shape index (κ3) is 2.83. The average molecular weight is 374 g/mol. The van der Waals surface area contributed by atoms with E-state index in [1.807, 2.05) is 29.2 Å². The molecule has 1 saturated carbocycles. The lowest BCUT2D eigenvalue weighted by Crippen LogP contribution is -2.45. The van der Waals surface area contributed by atoms with Gasteiger partial charge >= 0.3 is 0 Å². The van der Waals surface area contributed by atoms with E-state index in [2.05, 4.69) is 24.3 Å². The number of amides is 2. The summed E-state index contributed by atoms with van der Waals surface area (Å²) in [5.41, 5.74) is 4.49. The van der Waals surface area contributed by atoms with Gasteiger partial charge < -0.3 is 9.80 Å².